The molecule has 0 saturated carbocycles. The summed E-state index contributed by atoms with van der Waals surface area (Å²) in [5.74, 6) is 0.234. The van der Waals surface area contributed by atoms with Gasteiger partial charge in [-0.05, 0) is 26.0 Å². The van der Waals surface area contributed by atoms with Gasteiger partial charge in [0.2, 0.25) is 0 Å². The van der Waals surface area contributed by atoms with E-state index in [-0.39, 0.29) is 11.8 Å². The molecule has 1 unspecified atom stereocenters. The van der Waals surface area contributed by atoms with Gasteiger partial charge in [0, 0.05) is 25.4 Å². The summed E-state index contributed by atoms with van der Waals surface area (Å²) in [6.07, 6.45) is 0. The first kappa shape index (κ1) is 11.9. The molecule has 2 N–H and O–H groups in total. The Kier molecular flexibility index (Phi) is 4.52. The molecule has 4 heteroatoms. The molecule has 1 aromatic heterocycles. The van der Waals surface area contributed by atoms with Crippen LogP contribution in [0.5, 0.6) is 5.75 Å². The number of nitrogens with zero attached hydrogens (tertiary/aromatic N) is 1. The highest BCUT2D eigenvalue weighted by molar-refractivity contribution is 5.27. The second-order valence-electron chi connectivity index (χ2n) is 3.66. The lowest BCUT2D eigenvalue weighted by atomic mass is 10.2. The number of rotatable bonds is 5. The van der Waals surface area contributed by atoms with Crippen molar-refractivity contribution in [1.29, 1.82) is 0 Å². The molecular formula is C11H18N2O2. The standard InChI is InChI=1S/C11H18N2O2/c1-8-4-5-11(14)10(13-8)6-12-9(2)7-15-3/h4-5,9,12,14H,6-7H2,1-3H3. The predicted molar refractivity (Wildman–Crippen MR) is 58.8 cm³/mol. The van der Waals surface area contributed by atoms with Crippen LogP contribution >= 0.6 is 0 Å². The number of ether oxygens (including phenoxy) is 1. The smallest absolute Gasteiger partial charge is 0.138 e. The summed E-state index contributed by atoms with van der Waals surface area (Å²) < 4.78 is 5.00. The van der Waals surface area contributed by atoms with Crippen LogP contribution in [0, 0.1) is 6.92 Å². The molecule has 0 amide bonds. The Hall–Kier alpha value is -1.13. The van der Waals surface area contributed by atoms with Crippen molar-refractivity contribution < 1.29 is 9.84 Å². The lowest BCUT2D eigenvalue weighted by Crippen LogP contribution is -2.29. The molecule has 0 bridgehead atoms. The van der Waals surface area contributed by atoms with E-state index in [4.69, 9.17) is 4.74 Å². The van der Waals surface area contributed by atoms with Crippen LogP contribution in [-0.4, -0.2) is 29.8 Å². The van der Waals surface area contributed by atoms with Gasteiger partial charge in [-0.2, -0.15) is 0 Å². The normalized spacial score (nSPS) is 12.7. The number of hydrogen-bond acceptors (Lipinski definition) is 4. The van der Waals surface area contributed by atoms with Gasteiger partial charge in [-0.25, -0.2) is 0 Å². The number of pyridine rings is 1. The summed E-state index contributed by atoms with van der Waals surface area (Å²) in [6.45, 7) is 5.13. The molecule has 0 aliphatic rings. The maximum Gasteiger partial charge on any atom is 0.138 e. The summed E-state index contributed by atoms with van der Waals surface area (Å²) >= 11 is 0. The van der Waals surface area contributed by atoms with Crippen LogP contribution in [0.1, 0.15) is 18.3 Å². The zero-order valence-corrected chi connectivity index (χ0v) is 9.45. The van der Waals surface area contributed by atoms with Gasteiger partial charge in [-0.15, -0.1) is 0 Å². The second-order valence-corrected chi connectivity index (χ2v) is 3.66. The van der Waals surface area contributed by atoms with Gasteiger partial charge in [-0.1, -0.05) is 0 Å². The van der Waals surface area contributed by atoms with Crippen LogP contribution in [0.3, 0.4) is 0 Å². The van der Waals surface area contributed by atoms with E-state index >= 15 is 0 Å². The average Bonchev–Trinajstić information content (AvgIpc) is 2.20. The largest absolute Gasteiger partial charge is 0.506 e. The molecule has 1 aromatic rings. The van der Waals surface area contributed by atoms with Crippen molar-refractivity contribution in [3.8, 4) is 5.75 Å². The number of aryl methyl sites for hydroxylation is 1. The van der Waals surface area contributed by atoms with E-state index < -0.39 is 0 Å². The Labute approximate surface area is 90.3 Å². The van der Waals surface area contributed by atoms with Gasteiger partial charge in [-0.3, -0.25) is 4.98 Å². The maximum absolute atomic E-state index is 9.54. The Morgan fingerprint density at radius 3 is 2.93 bits per heavy atom. The van der Waals surface area contributed by atoms with Crippen LogP contribution in [0.15, 0.2) is 12.1 Å². The third-order valence-electron chi connectivity index (χ3n) is 2.12. The molecule has 1 atom stereocenters. The van der Waals surface area contributed by atoms with E-state index in [0.29, 0.717) is 18.8 Å². The Morgan fingerprint density at radius 1 is 1.53 bits per heavy atom. The van der Waals surface area contributed by atoms with Crippen molar-refractivity contribution in [2.75, 3.05) is 13.7 Å². The fourth-order valence-electron chi connectivity index (χ4n) is 1.31. The lowest BCUT2D eigenvalue weighted by Gasteiger charge is -2.12. The summed E-state index contributed by atoms with van der Waals surface area (Å²) in [7, 11) is 1.67. The highest BCUT2D eigenvalue weighted by atomic mass is 16.5. The minimum Gasteiger partial charge on any atom is -0.506 e. The van der Waals surface area contributed by atoms with E-state index in [0.717, 1.165) is 5.69 Å². The Balaban J connectivity index is 2.53. The van der Waals surface area contributed by atoms with Gasteiger partial charge in [0.1, 0.15) is 5.75 Å². The summed E-state index contributed by atoms with van der Waals surface area (Å²) in [4.78, 5) is 4.25. The number of nitrogens with one attached hydrogen (secondary N) is 1. The third-order valence-corrected chi connectivity index (χ3v) is 2.12. The van der Waals surface area contributed by atoms with E-state index in [2.05, 4.69) is 10.3 Å². The summed E-state index contributed by atoms with van der Waals surface area (Å²) in [5.41, 5.74) is 1.59. The van der Waals surface area contributed by atoms with E-state index in [1.54, 1.807) is 19.2 Å². The number of hydrogen-bond donors (Lipinski definition) is 2. The highest BCUT2D eigenvalue weighted by Crippen LogP contribution is 2.14. The van der Waals surface area contributed by atoms with Gasteiger partial charge < -0.3 is 15.2 Å². The minimum atomic E-state index is 0.234. The molecule has 1 heterocycles. The van der Waals surface area contributed by atoms with Crippen LogP contribution in [-0.2, 0) is 11.3 Å². The first-order valence-corrected chi connectivity index (χ1v) is 5.01. The van der Waals surface area contributed by atoms with E-state index in [1.165, 1.54) is 0 Å². The molecule has 0 spiro atoms. The number of aromatic nitrogens is 1. The molecule has 0 radical (unpaired) electrons. The van der Waals surface area contributed by atoms with Crippen LogP contribution < -0.4 is 5.32 Å². The zero-order chi connectivity index (χ0) is 11.3. The minimum absolute atomic E-state index is 0.234. The second kappa shape index (κ2) is 5.68. The molecule has 0 aliphatic carbocycles. The van der Waals surface area contributed by atoms with Gasteiger partial charge in [0.15, 0.2) is 0 Å². The number of aromatic hydroxyl groups is 1. The summed E-state index contributed by atoms with van der Waals surface area (Å²) in [5, 5.41) is 12.8. The average molecular weight is 210 g/mol. The zero-order valence-electron chi connectivity index (χ0n) is 9.45. The van der Waals surface area contributed by atoms with Crippen LogP contribution in [0.25, 0.3) is 0 Å². The summed E-state index contributed by atoms with van der Waals surface area (Å²) in [6, 6.07) is 3.70. The van der Waals surface area contributed by atoms with Crippen LogP contribution in [0.4, 0.5) is 0 Å². The van der Waals surface area contributed by atoms with Gasteiger partial charge in [0.25, 0.3) is 0 Å². The topological polar surface area (TPSA) is 54.4 Å². The molecule has 0 saturated heterocycles. The molecule has 0 fully saturated rings. The van der Waals surface area contributed by atoms with Crippen molar-refractivity contribution in [1.82, 2.24) is 10.3 Å². The van der Waals surface area contributed by atoms with Gasteiger partial charge >= 0.3 is 0 Å². The van der Waals surface area contributed by atoms with E-state index in [9.17, 15) is 5.11 Å². The molecule has 0 aliphatic heterocycles. The third kappa shape index (κ3) is 3.85. The number of methoxy groups -OCH3 is 1. The van der Waals surface area contributed by atoms with Crippen molar-refractivity contribution in [2.45, 2.75) is 26.4 Å². The van der Waals surface area contributed by atoms with Crippen molar-refractivity contribution in [3.63, 3.8) is 0 Å². The maximum atomic E-state index is 9.54. The Bertz CT molecular complexity index is 315. The predicted octanol–water partition coefficient (Wildman–Crippen LogP) is 1.22. The fraction of sp³-hybridized carbons (Fsp3) is 0.545. The van der Waals surface area contributed by atoms with Crippen molar-refractivity contribution in [2.24, 2.45) is 0 Å². The monoisotopic (exact) mass is 210 g/mol. The molecule has 4 nitrogen and oxygen atoms in total. The molecular weight excluding hydrogens is 192 g/mol. The molecule has 84 valence electrons. The molecule has 0 aromatic carbocycles. The lowest BCUT2D eigenvalue weighted by molar-refractivity contribution is 0.171. The quantitative estimate of drug-likeness (QED) is 0.767. The van der Waals surface area contributed by atoms with Crippen molar-refractivity contribution in [3.05, 3.63) is 23.5 Å². The van der Waals surface area contributed by atoms with E-state index in [1.807, 2.05) is 13.8 Å². The first-order chi connectivity index (χ1) is 7.13. The fourth-order valence-corrected chi connectivity index (χ4v) is 1.31. The Morgan fingerprint density at radius 2 is 2.27 bits per heavy atom. The first-order valence-electron chi connectivity index (χ1n) is 5.01. The van der Waals surface area contributed by atoms with Crippen molar-refractivity contribution >= 4 is 0 Å². The SMILES string of the molecule is COCC(C)NCc1nc(C)ccc1O. The molecule has 15 heavy (non-hydrogen) atoms. The molecule has 1 rings (SSSR count). The highest BCUT2D eigenvalue weighted by Gasteiger charge is 2.05. The van der Waals surface area contributed by atoms with Gasteiger partial charge in [0.05, 0.1) is 12.3 Å². The van der Waals surface area contributed by atoms with Crippen LogP contribution in [0.2, 0.25) is 0 Å².